The molecule has 3 rings (SSSR count). The molecule has 38 heavy (non-hydrogen) atoms. The second-order valence-electron chi connectivity index (χ2n) is 7.94. The number of hydrogen-bond acceptors (Lipinski definition) is 8. The highest BCUT2D eigenvalue weighted by Gasteiger charge is 2.29. The summed E-state index contributed by atoms with van der Waals surface area (Å²) in [5.74, 6) is -0.486. The van der Waals surface area contributed by atoms with Gasteiger partial charge in [0.05, 0.1) is 54.7 Å². The van der Waals surface area contributed by atoms with Gasteiger partial charge in [-0.3, -0.25) is 9.10 Å². The molecule has 0 atom stereocenters. The molecule has 0 aliphatic rings. The molecular weight excluding hydrogens is 580 g/mol. The van der Waals surface area contributed by atoms with E-state index in [-0.39, 0.29) is 33.3 Å². The normalized spacial score (nSPS) is 10.9. The van der Waals surface area contributed by atoms with Gasteiger partial charge in [0.1, 0.15) is 12.3 Å². The molecule has 1 N–H and O–H groups in total. The lowest BCUT2D eigenvalue weighted by molar-refractivity contribution is -0.114. The second kappa shape index (κ2) is 12.2. The maximum atomic E-state index is 13.7. The summed E-state index contributed by atoms with van der Waals surface area (Å²) in [5.41, 5.74) is 1.25. The maximum Gasteiger partial charge on any atom is 0.340 e. The summed E-state index contributed by atoms with van der Waals surface area (Å²) in [5, 5.41) is 2.61. The first-order valence-corrected chi connectivity index (χ1v) is 13.4. The highest BCUT2D eigenvalue weighted by atomic mass is 79.9. The number of benzene rings is 3. The Hall–Kier alpha value is -3.77. The monoisotopic (exact) mass is 606 g/mol. The van der Waals surface area contributed by atoms with E-state index < -0.39 is 28.4 Å². The van der Waals surface area contributed by atoms with Crippen LogP contribution in [0.25, 0.3) is 0 Å². The van der Waals surface area contributed by atoms with Crippen LogP contribution in [0.15, 0.2) is 64.0 Å². The van der Waals surface area contributed by atoms with Crippen LogP contribution in [-0.4, -0.2) is 55.3 Å². The molecule has 0 aliphatic carbocycles. The molecule has 1 amide bonds. The van der Waals surface area contributed by atoms with E-state index in [9.17, 15) is 18.0 Å². The summed E-state index contributed by atoms with van der Waals surface area (Å²) in [4.78, 5) is 25.6. The number of carbonyl (C=O) groups excluding carboxylic acids is 2. The zero-order chi connectivity index (χ0) is 28.0. The Morgan fingerprint density at radius 1 is 0.868 bits per heavy atom. The van der Waals surface area contributed by atoms with Gasteiger partial charge in [0.15, 0.2) is 11.5 Å². The van der Waals surface area contributed by atoms with Crippen molar-refractivity contribution in [1.82, 2.24) is 0 Å². The van der Waals surface area contributed by atoms with Gasteiger partial charge in [0.25, 0.3) is 10.0 Å². The molecule has 3 aromatic rings. The Kier molecular flexibility index (Phi) is 9.23. The van der Waals surface area contributed by atoms with E-state index in [1.165, 1.54) is 58.8 Å². The van der Waals surface area contributed by atoms with E-state index in [1.54, 1.807) is 24.3 Å². The molecule has 3 aromatic carbocycles. The standard InChI is InChI=1S/C26H27BrN2O8S/c1-16-6-8-17(9-7-16)29(38(32,33)18-10-11-22(34-2)20(27)12-18)15-25(30)28-21-14-24(36-4)23(35-3)13-19(21)26(31)37-5/h6-14H,15H2,1-5H3,(H,28,30). The van der Waals surface area contributed by atoms with Crippen molar-refractivity contribution < 1.29 is 37.0 Å². The number of anilines is 2. The lowest BCUT2D eigenvalue weighted by atomic mass is 10.1. The molecule has 202 valence electrons. The molecular formula is C26H27BrN2O8S. The number of ether oxygens (including phenoxy) is 4. The van der Waals surface area contributed by atoms with Gasteiger partial charge in [-0.25, -0.2) is 13.2 Å². The minimum absolute atomic E-state index is 0.00216. The van der Waals surface area contributed by atoms with E-state index >= 15 is 0 Å². The Balaban J connectivity index is 2.03. The summed E-state index contributed by atoms with van der Waals surface area (Å²) in [6.45, 7) is 1.27. The van der Waals surface area contributed by atoms with Gasteiger partial charge in [-0.1, -0.05) is 17.7 Å². The van der Waals surface area contributed by atoms with Gasteiger partial charge in [-0.15, -0.1) is 0 Å². The minimum atomic E-state index is -4.21. The van der Waals surface area contributed by atoms with Crippen molar-refractivity contribution in [3.05, 3.63) is 70.2 Å². The number of nitrogens with zero attached hydrogens (tertiary/aromatic N) is 1. The molecule has 0 saturated carbocycles. The molecule has 0 aromatic heterocycles. The van der Waals surface area contributed by atoms with Crippen molar-refractivity contribution in [3.8, 4) is 17.2 Å². The Morgan fingerprint density at radius 2 is 1.47 bits per heavy atom. The van der Waals surface area contributed by atoms with Crippen LogP contribution in [0.1, 0.15) is 15.9 Å². The third-order valence-electron chi connectivity index (χ3n) is 5.52. The van der Waals surface area contributed by atoms with E-state index in [1.807, 2.05) is 6.92 Å². The first-order chi connectivity index (χ1) is 18.0. The highest BCUT2D eigenvalue weighted by molar-refractivity contribution is 9.10. The molecule has 0 spiro atoms. The quantitative estimate of drug-likeness (QED) is 0.337. The van der Waals surface area contributed by atoms with Crippen LogP contribution in [0.2, 0.25) is 0 Å². The zero-order valence-corrected chi connectivity index (χ0v) is 23.8. The van der Waals surface area contributed by atoms with Crippen molar-refractivity contribution in [2.24, 2.45) is 0 Å². The lowest BCUT2D eigenvalue weighted by Crippen LogP contribution is -2.38. The molecule has 0 heterocycles. The summed E-state index contributed by atoms with van der Waals surface area (Å²) in [6, 6.07) is 13.8. The predicted octanol–water partition coefficient (Wildman–Crippen LogP) is 4.40. The summed E-state index contributed by atoms with van der Waals surface area (Å²) in [7, 11) is 1.26. The summed E-state index contributed by atoms with van der Waals surface area (Å²) < 4.78 is 49.4. The third kappa shape index (κ3) is 6.20. The van der Waals surface area contributed by atoms with Gasteiger partial charge in [0.2, 0.25) is 5.91 Å². The van der Waals surface area contributed by atoms with Crippen molar-refractivity contribution in [2.75, 3.05) is 44.6 Å². The van der Waals surface area contributed by atoms with Crippen LogP contribution in [0, 0.1) is 6.92 Å². The van der Waals surface area contributed by atoms with Crippen molar-refractivity contribution in [1.29, 1.82) is 0 Å². The minimum Gasteiger partial charge on any atom is -0.496 e. The van der Waals surface area contributed by atoms with Crippen LogP contribution in [0.4, 0.5) is 11.4 Å². The number of amides is 1. The fraction of sp³-hybridized carbons (Fsp3) is 0.231. The van der Waals surface area contributed by atoms with Gasteiger partial charge >= 0.3 is 5.97 Å². The highest BCUT2D eigenvalue weighted by Crippen LogP contribution is 2.34. The van der Waals surface area contributed by atoms with E-state index in [0.717, 1.165) is 9.87 Å². The van der Waals surface area contributed by atoms with Gasteiger partial charge in [0, 0.05) is 12.1 Å². The lowest BCUT2D eigenvalue weighted by Gasteiger charge is -2.25. The summed E-state index contributed by atoms with van der Waals surface area (Å²) in [6.07, 6.45) is 0. The zero-order valence-electron chi connectivity index (χ0n) is 21.4. The molecule has 0 aliphatic heterocycles. The predicted molar refractivity (Wildman–Crippen MR) is 146 cm³/mol. The number of aryl methyl sites for hydroxylation is 1. The van der Waals surface area contributed by atoms with E-state index in [2.05, 4.69) is 21.2 Å². The molecule has 0 radical (unpaired) electrons. The number of rotatable bonds is 10. The molecule has 0 fully saturated rings. The van der Waals surface area contributed by atoms with Crippen LogP contribution in [-0.2, 0) is 19.6 Å². The van der Waals surface area contributed by atoms with Crippen molar-refractivity contribution in [2.45, 2.75) is 11.8 Å². The van der Waals surface area contributed by atoms with Gasteiger partial charge in [-0.05, 0) is 53.2 Å². The van der Waals surface area contributed by atoms with Crippen LogP contribution < -0.4 is 23.8 Å². The van der Waals surface area contributed by atoms with Crippen LogP contribution >= 0.6 is 15.9 Å². The fourth-order valence-electron chi connectivity index (χ4n) is 3.54. The Labute approximate surface area is 229 Å². The van der Waals surface area contributed by atoms with E-state index in [0.29, 0.717) is 10.2 Å². The number of nitrogens with one attached hydrogen (secondary N) is 1. The van der Waals surface area contributed by atoms with Gasteiger partial charge in [-0.2, -0.15) is 0 Å². The van der Waals surface area contributed by atoms with Crippen molar-refractivity contribution >= 4 is 49.2 Å². The third-order valence-corrected chi connectivity index (χ3v) is 7.91. The largest absolute Gasteiger partial charge is 0.496 e. The number of esters is 1. The number of carbonyl (C=O) groups is 2. The van der Waals surface area contributed by atoms with Gasteiger partial charge < -0.3 is 24.3 Å². The summed E-state index contributed by atoms with van der Waals surface area (Å²) >= 11 is 3.31. The molecule has 0 bridgehead atoms. The number of methoxy groups -OCH3 is 4. The topological polar surface area (TPSA) is 120 Å². The fourth-order valence-corrected chi connectivity index (χ4v) is 5.68. The average molecular weight is 607 g/mol. The molecule has 0 saturated heterocycles. The SMILES string of the molecule is COC(=O)c1cc(OC)c(OC)cc1NC(=O)CN(c1ccc(C)cc1)S(=O)(=O)c1ccc(OC)c(Br)c1. The molecule has 12 heteroatoms. The number of hydrogen-bond donors (Lipinski definition) is 1. The number of halogens is 1. The van der Waals surface area contributed by atoms with E-state index in [4.69, 9.17) is 18.9 Å². The Bertz CT molecular complexity index is 1440. The van der Waals surface area contributed by atoms with Crippen molar-refractivity contribution in [3.63, 3.8) is 0 Å². The first kappa shape index (κ1) is 28.8. The van der Waals surface area contributed by atoms with Crippen LogP contribution in [0.5, 0.6) is 17.2 Å². The smallest absolute Gasteiger partial charge is 0.340 e. The second-order valence-corrected chi connectivity index (χ2v) is 10.7. The number of sulfonamides is 1. The van der Waals surface area contributed by atoms with Crippen LogP contribution in [0.3, 0.4) is 0 Å². The average Bonchev–Trinajstić information content (AvgIpc) is 2.91. The Morgan fingerprint density at radius 3 is 2.03 bits per heavy atom. The molecule has 10 nitrogen and oxygen atoms in total. The first-order valence-electron chi connectivity index (χ1n) is 11.1. The maximum absolute atomic E-state index is 13.7. The molecule has 0 unspecified atom stereocenters.